The van der Waals surface area contributed by atoms with Crippen LogP contribution in [0.2, 0.25) is 0 Å². The van der Waals surface area contributed by atoms with E-state index in [-0.39, 0.29) is 28.3 Å². The number of phenolic OH excluding ortho intramolecular Hbond substituents is 1. The Morgan fingerprint density at radius 2 is 1.84 bits per heavy atom. The number of phenols is 1. The maximum absolute atomic E-state index is 12.4. The normalized spacial score (nSPS) is 12.5. The molecule has 2 N–H and O–H groups in total. The van der Waals surface area contributed by atoms with Gasteiger partial charge in [0, 0.05) is 11.8 Å². The molecular formula is C17H18BrNO5S. The number of sulfone groups is 1. The van der Waals surface area contributed by atoms with E-state index in [0.717, 1.165) is 11.8 Å². The van der Waals surface area contributed by atoms with Gasteiger partial charge in [-0.15, -0.1) is 0 Å². The molecule has 1 atom stereocenters. The Kier molecular flexibility index (Phi) is 5.74. The Balaban J connectivity index is 2.19. The molecule has 0 fully saturated rings. The third-order valence-electron chi connectivity index (χ3n) is 3.67. The number of carbonyl (C=O) groups excluding carboxylic acids is 1. The van der Waals surface area contributed by atoms with Crippen LogP contribution in [0.3, 0.4) is 0 Å². The first-order chi connectivity index (χ1) is 11.6. The van der Waals surface area contributed by atoms with Crippen molar-refractivity contribution in [2.45, 2.75) is 17.9 Å². The molecule has 134 valence electrons. The summed E-state index contributed by atoms with van der Waals surface area (Å²) in [6.45, 7) is 1.79. The zero-order chi connectivity index (χ0) is 18.8. The van der Waals surface area contributed by atoms with E-state index in [1.54, 1.807) is 19.1 Å². The lowest BCUT2D eigenvalue weighted by molar-refractivity contribution is 0.0939. The minimum atomic E-state index is -3.26. The molecule has 0 bridgehead atoms. The molecule has 0 aromatic heterocycles. The average Bonchev–Trinajstić information content (AvgIpc) is 2.56. The fourth-order valence-electron chi connectivity index (χ4n) is 2.23. The van der Waals surface area contributed by atoms with Crippen LogP contribution in [0.5, 0.6) is 11.5 Å². The number of rotatable bonds is 5. The highest BCUT2D eigenvalue weighted by atomic mass is 79.9. The van der Waals surface area contributed by atoms with Gasteiger partial charge in [0.15, 0.2) is 21.3 Å². The molecule has 1 amide bonds. The Morgan fingerprint density at radius 3 is 2.36 bits per heavy atom. The maximum atomic E-state index is 12.4. The molecule has 0 saturated heterocycles. The van der Waals surface area contributed by atoms with Crippen molar-refractivity contribution in [3.05, 3.63) is 52.0 Å². The highest BCUT2D eigenvalue weighted by Crippen LogP contribution is 2.35. The minimum absolute atomic E-state index is 0.0801. The van der Waals surface area contributed by atoms with Crippen molar-refractivity contribution in [3.8, 4) is 11.5 Å². The van der Waals surface area contributed by atoms with E-state index in [9.17, 15) is 18.3 Å². The van der Waals surface area contributed by atoms with Gasteiger partial charge in [-0.3, -0.25) is 4.79 Å². The lowest BCUT2D eigenvalue weighted by atomic mass is 10.1. The molecule has 25 heavy (non-hydrogen) atoms. The summed E-state index contributed by atoms with van der Waals surface area (Å²) < 4.78 is 28.4. The van der Waals surface area contributed by atoms with E-state index < -0.39 is 9.84 Å². The number of ether oxygens (including phenoxy) is 1. The van der Waals surface area contributed by atoms with Crippen LogP contribution in [0, 0.1) is 0 Å². The summed E-state index contributed by atoms with van der Waals surface area (Å²) in [5, 5.41) is 12.6. The first kappa shape index (κ1) is 19.3. The topological polar surface area (TPSA) is 92.7 Å². The summed E-state index contributed by atoms with van der Waals surface area (Å²) in [5.41, 5.74) is 1.09. The smallest absolute Gasteiger partial charge is 0.251 e. The SMILES string of the molecule is COc1cc(C(=O)NC(C)c2ccc(S(C)(=O)=O)cc2)cc(Br)c1O. The van der Waals surface area contributed by atoms with Crippen LogP contribution in [0.4, 0.5) is 0 Å². The second-order valence-corrected chi connectivity index (χ2v) is 8.42. The first-order valence-corrected chi connectivity index (χ1v) is 9.99. The molecule has 0 saturated carbocycles. The Labute approximate surface area is 154 Å². The van der Waals surface area contributed by atoms with E-state index >= 15 is 0 Å². The van der Waals surface area contributed by atoms with Gasteiger partial charge in [0.05, 0.1) is 22.5 Å². The van der Waals surface area contributed by atoms with Gasteiger partial charge >= 0.3 is 0 Å². The van der Waals surface area contributed by atoms with Gasteiger partial charge in [-0.05, 0) is 52.7 Å². The van der Waals surface area contributed by atoms with Gasteiger partial charge < -0.3 is 15.2 Å². The van der Waals surface area contributed by atoms with E-state index in [1.165, 1.54) is 31.4 Å². The Hall–Kier alpha value is -2.06. The summed E-state index contributed by atoms with van der Waals surface area (Å²) in [6.07, 6.45) is 1.14. The number of hydrogen-bond acceptors (Lipinski definition) is 5. The number of amides is 1. The van der Waals surface area contributed by atoms with Crippen molar-refractivity contribution < 1.29 is 23.1 Å². The third kappa shape index (κ3) is 4.52. The van der Waals surface area contributed by atoms with Crippen LogP contribution in [-0.2, 0) is 9.84 Å². The van der Waals surface area contributed by atoms with Crippen molar-refractivity contribution in [1.29, 1.82) is 0 Å². The van der Waals surface area contributed by atoms with E-state index in [0.29, 0.717) is 10.0 Å². The lowest BCUT2D eigenvalue weighted by Gasteiger charge is -2.16. The van der Waals surface area contributed by atoms with Gasteiger partial charge in [0.25, 0.3) is 5.91 Å². The fourth-order valence-corrected chi connectivity index (χ4v) is 3.30. The molecule has 0 spiro atoms. The van der Waals surface area contributed by atoms with Crippen LogP contribution >= 0.6 is 15.9 Å². The molecule has 2 aromatic rings. The third-order valence-corrected chi connectivity index (χ3v) is 5.40. The predicted octanol–water partition coefficient (Wildman–Crippen LogP) is 3.06. The molecule has 8 heteroatoms. The molecule has 0 radical (unpaired) electrons. The highest BCUT2D eigenvalue weighted by molar-refractivity contribution is 9.10. The standard InChI is InChI=1S/C17H18BrNO5S/c1-10(11-4-6-13(7-5-11)25(3,22)23)19-17(21)12-8-14(18)16(20)15(9-12)24-2/h4-10,20H,1-3H3,(H,19,21). The Bertz CT molecular complexity index is 894. The fraction of sp³-hybridized carbons (Fsp3) is 0.235. The van der Waals surface area contributed by atoms with Crippen LogP contribution in [-0.4, -0.2) is 32.8 Å². The summed E-state index contributed by atoms with van der Waals surface area (Å²) in [5.74, 6) is -0.244. The molecule has 6 nitrogen and oxygen atoms in total. The van der Waals surface area contributed by atoms with Gasteiger partial charge in [0.2, 0.25) is 0 Å². The van der Waals surface area contributed by atoms with Crippen molar-refractivity contribution >= 4 is 31.7 Å². The van der Waals surface area contributed by atoms with E-state index in [2.05, 4.69) is 21.2 Å². The minimum Gasteiger partial charge on any atom is -0.503 e. The average molecular weight is 428 g/mol. The summed E-state index contributed by atoms with van der Waals surface area (Å²) in [7, 11) is -1.86. The molecule has 0 heterocycles. The van der Waals surface area contributed by atoms with Crippen molar-refractivity contribution in [1.82, 2.24) is 5.32 Å². The number of aromatic hydroxyl groups is 1. The van der Waals surface area contributed by atoms with Gasteiger partial charge in [-0.25, -0.2) is 8.42 Å². The zero-order valence-electron chi connectivity index (χ0n) is 13.9. The number of methoxy groups -OCH3 is 1. The summed E-state index contributed by atoms with van der Waals surface area (Å²) >= 11 is 3.18. The largest absolute Gasteiger partial charge is 0.503 e. The summed E-state index contributed by atoms with van der Waals surface area (Å²) in [6, 6.07) is 8.94. The molecule has 0 aliphatic heterocycles. The number of halogens is 1. The number of benzene rings is 2. The van der Waals surface area contributed by atoms with Crippen LogP contribution in [0.25, 0.3) is 0 Å². The lowest BCUT2D eigenvalue weighted by Crippen LogP contribution is -2.26. The van der Waals surface area contributed by atoms with Crippen LogP contribution in [0.1, 0.15) is 28.9 Å². The zero-order valence-corrected chi connectivity index (χ0v) is 16.3. The number of carbonyl (C=O) groups is 1. The second kappa shape index (κ2) is 7.45. The first-order valence-electron chi connectivity index (χ1n) is 7.31. The molecular weight excluding hydrogens is 410 g/mol. The molecule has 0 aliphatic rings. The van der Waals surface area contributed by atoms with E-state index in [1.807, 2.05) is 0 Å². The molecule has 0 aliphatic carbocycles. The number of hydrogen-bond donors (Lipinski definition) is 2. The molecule has 1 unspecified atom stereocenters. The second-order valence-electron chi connectivity index (χ2n) is 5.55. The van der Waals surface area contributed by atoms with Crippen molar-refractivity contribution in [3.63, 3.8) is 0 Å². The van der Waals surface area contributed by atoms with Crippen molar-refractivity contribution in [2.75, 3.05) is 13.4 Å². The van der Waals surface area contributed by atoms with E-state index in [4.69, 9.17) is 4.74 Å². The predicted molar refractivity (Wildman–Crippen MR) is 97.8 cm³/mol. The summed E-state index contributed by atoms with van der Waals surface area (Å²) in [4.78, 5) is 12.6. The number of nitrogens with one attached hydrogen (secondary N) is 1. The highest BCUT2D eigenvalue weighted by Gasteiger charge is 2.16. The van der Waals surface area contributed by atoms with Gasteiger partial charge in [0.1, 0.15) is 0 Å². The van der Waals surface area contributed by atoms with Crippen molar-refractivity contribution in [2.24, 2.45) is 0 Å². The monoisotopic (exact) mass is 427 g/mol. The van der Waals surface area contributed by atoms with Gasteiger partial charge in [-0.1, -0.05) is 12.1 Å². The molecule has 2 rings (SSSR count). The van der Waals surface area contributed by atoms with Gasteiger partial charge in [-0.2, -0.15) is 0 Å². The quantitative estimate of drug-likeness (QED) is 0.764. The van der Waals surface area contributed by atoms with Crippen LogP contribution in [0.15, 0.2) is 45.8 Å². The molecule has 2 aromatic carbocycles. The van der Waals surface area contributed by atoms with Crippen LogP contribution < -0.4 is 10.1 Å². The maximum Gasteiger partial charge on any atom is 0.251 e. The Morgan fingerprint density at radius 1 is 1.24 bits per heavy atom.